The summed E-state index contributed by atoms with van der Waals surface area (Å²) in [4.78, 5) is 0. The highest BCUT2D eigenvalue weighted by Gasteiger charge is 2.04. The molecule has 0 amide bonds. The van der Waals surface area contributed by atoms with Crippen molar-refractivity contribution in [2.75, 3.05) is 19.0 Å². The third-order valence-corrected chi connectivity index (χ3v) is 3.28. The summed E-state index contributed by atoms with van der Waals surface area (Å²) in [6.45, 7) is 3.68. The van der Waals surface area contributed by atoms with Crippen LogP contribution in [0.3, 0.4) is 0 Å². The molecule has 2 aromatic rings. The van der Waals surface area contributed by atoms with Crippen LogP contribution in [0.15, 0.2) is 42.7 Å². The van der Waals surface area contributed by atoms with E-state index >= 15 is 0 Å². The van der Waals surface area contributed by atoms with Crippen LogP contribution in [0.2, 0.25) is 0 Å². The first kappa shape index (κ1) is 14.6. The largest absolute Gasteiger partial charge is 0.383 e. The van der Waals surface area contributed by atoms with Crippen LogP contribution in [0.5, 0.6) is 0 Å². The van der Waals surface area contributed by atoms with Gasteiger partial charge in [-0.3, -0.25) is 4.68 Å². The number of aryl methyl sites for hydroxylation is 1. The second-order valence-electron chi connectivity index (χ2n) is 5.05. The van der Waals surface area contributed by atoms with Crippen LogP contribution in [-0.2, 0) is 17.7 Å². The predicted molar refractivity (Wildman–Crippen MR) is 82.0 cm³/mol. The van der Waals surface area contributed by atoms with E-state index in [9.17, 15) is 0 Å². The lowest BCUT2D eigenvalue weighted by atomic mass is 10.1. The van der Waals surface area contributed by atoms with Crippen molar-refractivity contribution in [2.45, 2.75) is 32.4 Å². The molecule has 0 spiro atoms. The molecule has 0 bridgehead atoms. The Labute approximate surface area is 120 Å². The van der Waals surface area contributed by atoms with Gasteiger partial charge in [-0.25, -0.2) is 0 Å². The van der Waals surface area contributed by atoms with Gasteiger partial charge >= 0.3 is 0 Å². The molecule has 1 heterocycles. The van der Waals surface area contributed by atoms with Gasteiger partial charge in [0.1, 0.15) is 0 Å². The van der Waals surface area contributed by atoms with Crippen molar-refractivity contribution < 1.29 is 4.74 Å². The molecule has 1 aromatic carbocycles. The monoisotopic (exact) mass is 273 g/mol. The van der Waals surface area contributed by atoms with E-state index in [1.54, 1.807) is 7.11 Å². The average molecular weight is 273 g/mol. The molecule has 4 nitrogen and oxygen atoms in total. The van der Waals surface area contributed by atoms with Crippen LogP contribution < -0.4 is 5.32 Å². The van der Waals surface area contributed by atoms with Crippen LogP contribution in [0.25, 0.3) is 0 Å². The van der Waals surface area contributed by atoms with Crippen molar-refractivity contribution in [3.8, 4) is 0 Å². The lowest BCUT2D eigenvalue weighted by Crippen LogP contribution is -2.15. The maximum atomic E-state index is 5.04. The Morgan fingerprint density at radius 3 is 2.85 bits per heavy atom. The second kappa shape index (κ2) is 7.70. The van der Waals surface area contributed by atoms with Gasteiger partial charge in [0, 0.05) is 19.3 Å². The molecule has 0 aliphatic rings. The highest BCUT2D eigenvalue weighted by atomic mass is 16.5. The van der Waals surface area contributed by atoms with Gasteiger partial charge < -0.3 is 10.1 Å². The number of hydrogen-bond donors (Lipinski definition) is 1. The molecule has 0 aliphatic heterocycles. The number of anilines is 1. The van der Waals surface area contributed by atoms with Gasteiger partial charge in [-0.1, -0.05) is 30.3 Å². The van der Waals surface area contributed by atoms with E-state index in [-0.39, 0.29) is 0 Å². The lowest BCUT2D eigenvalue weighted by molar-refractivity contribution is 0.183. The Hall–Kier alpha value is -1.81. The zero-order chi connectivity index (χ0) is 14.2. The predicted octanol–water partition coefficient (Wildman–Crippen LogP) is 2.96. The summed E-state index contributed by atoms with van der Waals surface area (Å²) in [5.74, 6) is 0. The van der Waals surface area contributed by atoms with E-state index in [4.69, 9.17) is 4.74 Å². The Morgan fingerprint density at radius 1 is 1.30 bits per heavy atom. The van der Waals surface area contributed by atoms with Gasteiger partial charge in [0.25, 0.3) is 0 Å². The average Bonchev–Trinajstić information content (AvgIpc) is 2.91. The number of nitrogens with zero attached hydrogens (tertiary/aromatic N) is 2. The van der Waals surface area contributed by atoms with Crippen LogP contribution >= 0.6 is 0 Å². The fourth-order valence-corrected chi connectivity index (χ4v) is 2.13. The number of methoxy groups -OCH3 is 1. The molecule has 0 saturated heterocycles. The summed E-state index contributed by atoms with van der Waals surface area (Å²) in [5.41, 5.74) is 2.46. The third kappa shape index (κ3) is 4.70. The zero-order valence-corrected chi connectivity index (χ0v) is 12.2. The number of nitrogens with one attached hydrogen (secondary N) is 1. The van der Waals surface area contributed by atoms with Crippen LogP contribution in [-0.4, -0.2) is 29.5 Å². The van der Waals surface area contributed by atoms with E-state index in [0.29, 0.717) is 12.6 Å². The van der Waals surface area contributed by atoms with E-state index in [2.05, 4.69) is 47.7 Å². The van der Waals surface area contributed by atoms with Gasteiger partial charge in [0.2, 0.25) is 0 Å². The van der Waals surface area contributed by atoms with Crippen molar-refractivity contribution in [1.82, 2.24) is 9.78 Å². The van der Waals surface area contributed by atoms with E-state index < -0.39 is 0 Å². The fourth-order valence-electron chi connectivity index (χ4n) is 2.13. The second-order valence-corrected chi connectivity index (χ2v) is 5.05. The summed E-state index contributed by atoms with van der Waals surface area (Å²) in [7, 11) is 1.70. The van der Waals surface area contributed by atoms with Crippen LogP contribution in [0.1, 0.15) is 18.9 Å². The molecule has 1 atom stereocenters. The smallest absolute Gasteiger partial charge is 0.0728 e. The number of hydrogen-bond acceptors (Lipinski definition) is 3. The molecule has 1 N–H and O–H groups in total. The van der Waals surface area contributed by atoms with Crippen molar-refractivity contribution in [1.29, 1.82) is 0 Å². The molecule has 20 heavy (non-hydrogen) atoms. The Balaban J connectivity index is 1.76. The standard InChI is InChI=1S/C16H23N3O/c1-14(8-9-15-6-4-3-5-7-15)18-16-12-17-19(13-16)10-11-20-2/h3-7,12-14,18H,8-11H2,1-2H3. The van der Waals surface area contributed by atoms with Crippen molar-refractivity contribution in [2.24, 2.45) is 0 Å². The molecule has 0 saturated carbocycles. The minimum absolute atomic E-state index is 0.426. The molecular formula is C16H23N3O. The van der Waals surface area contributed by atoms with Gasteiger partial charge in [-0.2, -0.15) is 5.10 Å². The van der Waals surface area contributed by atoms with Gasteiger partial charge in [0.05, 0.1) is 25.0 Å². The number of aromatic nitrogens is 2. The topological polar surface area (TPSA) is 39.1 Å². The van der Waals surface area contributed by atoms with Crippen LogP contribution in [0.4, 0.5) is 5.69 Å². The Morgan fingerprint density at radius 2 is 2.10 bits per heavy atom. The van der Waals surface area contributed by atoms with Crippen molar-refractivity contribution in [3.63, 3.8) is 0 Å². The number of rotatable bonds is 8. The Bertz CT molecular complexity index is 495. The summed E-state index contributed by atoms with van der Waals surface area (Å²) < 4.78 is 6.94. The van der Waals surface area contributed by atoms with Crippen LogP contribution in [0, 0.1) is 0 Å². The molecule has 2 rings (SSSR count). The van der Waals surface area contributed by atoms with E-state index in [0.717, 1.165) is 25.1 Å². The van der Waals surface area contributed by atoms with Gasteiger partial charge in [0.15, 0.2) is 0 Å². The molecule has 1 aromatic heterocycles. The summed E-state index contributed by atoms with van der Waals surface area (Å²) in [6.07, 6.45) is 6.09. The number of benzene rings is 1. The quantitative estimate of drug-likeness (QED) is 0.803. The Kier molecular flexibility index (Phi) is 5.62. The summed E-state index contributed by atoms with van der Waals surface area (Å²) in [5, 5.41) is 7.78. The first-order valence-corrected chi connectivity index (χ1v) is 7.10. The van der Waals surface area contributed by atoms with Gasteiger partial charge in [-0.15, -0.1) is 0 Å². The van der Waals surface area contributed by atoms with Crippen molar-refractivity contribution in [3.05, 3.63) is 48.3 Å². The summed E-state index contributed by atoms with van der Waals surface area (Å²) >= 11 is 0. The zero-order valence-electron chi connectivity index (χ0n) is 12.2. The molecule has 1 unspecified atom stereocenters. The van der Waals surface area contributed by atoms with E-state index in [1.165, 1.54) is 5.56 Å². The first-order chi connectivity index (χ1) is 9.78. The van der Waals surface area contributed by atoms with Gasteiger partial charge in [-0.05, 0) is 25.3 Å². The molecule has 0 fully saturated rings. The molecule has 0 radical (unpaired) electrons. The molecule has 108 valence electrons. The minimum atomic E-state index is 0.426. The highest BCUT2D eigenvalue weighted by Crippen LogP contribution is 2.11. The molecule has 0 aliphatic carbocycles. The normalized spacial score (nSPS) is 12.3. The minimum Gasteiger partial charge on any atom is -0.383 e. The highest BCUT2D eigenvalue weighted by molar-refractivity contribution is 5.39. The maximum absolute atomic E-state index is 5.04. The van der Waals surface area contributed by atoms with Crippen molar-refractivity contribution >= 4 is 5.69 Å². The third-order valence-electron chi connectivity index (χ3n) is 3.28. The first-order valence-electron chi connectivity index (χ1n) is 7.10. The maximum Gasteiger partial charge on any atom is 0.0728 e. The lowest BCUT2D eigenvalue weighted by Gasteiger charge is -2.13. The SMILES string of the molecule is COCCn1cc(NC(C)CCc2ccccc2)cn1. The number of ether oxygens (including phenoxy) is 1. The summed E-state index contributed by atoms with van der Waals surface area (Å²) in [6, 6.07) is 11.0. The fraction of sp³-hybridized carbons (Fsp3) is 0.438. The van der Waals surface area contributed by atoms with E-state index in [1.807, 2.05) is 17.1 Å². The molecule has 4 heteroatoms. The molecular weight excluding hydrogens is 250 g/mol.